The maximum atomic E-state index is 13.2. The molecular formula is C23H29BrClN7O4S. The van der Waals surface area contributed by atoms with Crippen LogP contribution in [-0.4, -0.2) is 64.5 Å². The number of hydrogen-bond donors (Lipinski definition) is 3. The average molecular weight is 615 g/mol. The van der Waals surface area contributed by atoms with E-state index in [9.17, 15) is 9.59 Å². The molecule has 1 aliphatic rings. The zero-order valence-corrected chi connectivity index (χ0v) is 23.9. The van der Waals surface area contributed by atoms with E-state index in [2.05, 4.69) is 41.5 Å². The van der Waals surface area contributed by atoms with Crippen molar-refractivity contribution in [3.8, 4) is 5.75 Å². The number of hydrogen-bond acceptors (Lipinski definition) is 9. The number of nitrogens with zero attached hydrogens (tertiary/aromatic N) is 4. The van der Waals surface area contributed by atoms with Gasteiger partial charge in [0.15, 0.2) is 5.82 Å². The van der Waals surface area contributed by atoms with Crippen LogP contribution in [0.1, 0.15) is 43.3 Å². The molecule has 0 spiro atoms. The van der Waals surface area contributed by atoms with Gasteiger partial charge in [-0.25, -0.2) is 14.3 Å². The zero-order chi connectivity index (χ0) is 26.7. The number of piperidine rings is 1. The van der Waals surface area contributed by atoms with Crippen molar-refractivity contribution < 1.29 is 19.1 Å². The van der Waals surface area contributed by atoms with Gasteiger partial charge in [0, 0.05) is 25.2 Å². The highest BCUT2D eigenvalue weighted by atomic mass is 79.9. The molecule has 0 radical (unpaired) electrons. The van der Waals surface area contributed by atoms with Gasteiger partial charge >= 0.3 is 6.09 Å². The lowest BCUT2D eigenvalue weighted by Gasteiger charge is -2.34. The van der Waals surface area contributed by atoms with Crippen molar-refractivity contribution in [2.75, 3.05) is 36.9 Å². The van der Waals surface area contributed by atoms with Crippen molar-refractivity contribution in [1.29, 1.82) is 0 Å². The third-order valence-corrected chi connectivity index (χ3v) is 7.33. The van der Waals surface area contributed by atoms with Crippen LogP contribution in [0.3, 0.4) is 0 Å². The molecule has 200 valence electrons. The summed E-state index contributed by atoms with van der Waals surface area (Å²) >= 11 is 10.9. The van der Waals surface area contributed by atoms with Gasteiger partial charge in [-0.1, -0.05) is 11.6 Å². The van der Waals surface area contributed by atoms with Gasteiger partial charge in [0.25, 0.3) is 5.91 Å². The van der Waals surface area contributed by atoms with E-state index in [1.54, 1.807) is 31.4 Å². The molecule has 0 unspecified atom stereocenters. The van der Waals surface area contributed by atoms with E-state index in [0.717, 1.165) is 46.5 Å². The SMILES string of the molecule is CC(C)(C)OC(=O)NCCOc1cc(Cl)sc1C(=O)N[C@@H]1CCCN(c2cc(Br)n3ncnc(N)c23)C1. The van der Waals surface area contributed by atoms with Crippen molar-refractivity contribution in [2.24, 2.45) is 0 Å². The molecule has 11 nitrogen and oxygen atoms in total. The van der Waals surface area contributed by atoms with E-state index in [0.29, 0.717) is 27.3 Å². The summed E-state index contributed by atoms with van der Waals surface area (Å²) in [5, 5.41) is 10.00. The van der Waals surface area contributed by atoms with Crippen LogP contribution < -0.4 is 26.0 Å². The van der Waals surface area contributed by atoms with Crippen molar-refractivity contribution in [1.82, 2.24) is 25.2 Å². The number of alkyl carbamates (subject to hydrolysis) is 1. The summed E-state index contributed by atoms with van der Waals surface area (Å²) in [6.45, 7) is 7.15. The predicted octanol–water partition coefficient (Wildman–Crippen LogP) is 4.09. The molecular weight excluding hydrogens is 586 g/mol. The second-order valence-corrected chi connectivity index (χ2v) is 12.0. The molecule has 1 atom stereocenters. The number of nitrogens with one attached hydrogen (secondary N) is 2. The lowest BCUT2D eigenvalue weighted by Crippen LogP contribution is -2.47. The molecule has 37 heavy (non-hydrogen) atoms. The maximum absolute atomic E-state index is 13.2. The molecule has 0 aromatic carbocycles. The minimum atomic E-state index is -0.586. The number of thiophene rings is 1. The first-order chi connectivity index (χ1) is 17.5. The summed E-state index contributed by atoms with van der Waals surface area (Å²) < 4.78 is 13.9. The van der Waals surface area contributed by atoms with E-state index < -0.39 is 11.7 Å². The molecule has 1 fully saturated rings. The number of halogens is 2. The molecule has 3 aromatic rings. The van der Waals surface area contributed by atoms with Gasteiger partial charge in [-0.2, -0.15) is 5.10 Å². The lowest BCUT2D eigenvalue weighted by atomic mass is 10.0. The summed E-state index contributed by atoms with van der Waals surface area (Å²) in [6.07, 6.45) is 2.60. The maximum Gasteiger partial charge on any atom is 0.407 e. The quantitative estimate of drug-likeness (QED) is 0.339. The van der Waals surface area contributed by atoms with E-state index in [-0.39, 0.29) is 25.1 Å². The Morgan fingerprint density at radius 3 is 2.89 bits per heavy atom. The largest absolute Gasteiger partial charge is 0.490 e. The molecule has 14 heteroatoms. The number of nitrogens with two attached hydrogens (primary N) is 1. The number of fused-ring (bicyclic) bond motifs is 1. The number of aromatic nitrogens is 3. The highest BCUT2D eigenvalue weighted by Gasteiger charge is 2.27. The number of carbonyl (C=O) groups is 2. The summed E-state index contributed by atoms with van der Waals surface area (Å²) in [6, 6.07) is 3.47. The highest BCUT2D eigenvalue weighted by Crippen LogP contribution is 2.34. The fraction of sp³-hybridized carbons (Fsp3) is 0.478. The molecule has 1 aliphatic heterocycles. The van der Waals surface area contributed by atoms with Gasteiger partial charge in [0.2, 0.25) is 0 Å². The number of anilines is 2. The van der Waals surface area contributed by atoms with Crippen molar-refractivity contribution in [2.45, 2.75) is 45.3 Å². The Kier molecular flexibility index (Phi) is 8.34. The summed E-state index contributed by atoms with van der Waals surface area (Å²) in [4.78, 5) is 31.6. The number of ether oxygens (including phenoxy) is 2. The van der Waals surface area contributed by atoms with E-state index >= 15 is 0 Å². The number of carbonyl (C=O) groups excluding carboxylic acids is 2. The number of nitrogen functional groups attached to an aromatic ring is 1. The molecule has 0 aliphatic carbocycles. The standard InChI is InChI=1S/C23H29BrClN7O4S/c1-23(2,3)36-22(34)27-6-8-35-15-10-17(25)37-19(15)21(33)30-13-5-4-7-31(11-13)14-9-16(24)32-18(14)20(26)28-12-29-32/h9-10,12-13H,4-8,11H2,1-3H3,(H,27,34)(H,30,33)(H2,26,28,29)/t13-/m1/s1. The normalized spacial score (nSPS) is 16.0. The fourth-order valence-electron chi connectivity index (χ4n) is 4.06. The van der Waals surface area contributed by atoms with Crippen molar-refractivity contribution in [3.63, 3.8) is 0 Å². The lowest BCUT2D eigenvalue weighted by molar-refractivity contribution is 0.0519. The summed E-state index contributed by atoms with van der Waals surface area (Å²) in [7, 11) is 0. The predicted molar refractivity (Wildman–Crippen MR) is 147 cm³/mol. The first-order valence-corrected chi connectivity index (χ1v) is 13.7. The Morgan fingerprint density at radius 1 is 1.35 bits per heavy atom. The minimum Gasteiger partial charge on any atom is -0.490 e. The first kappa shape index (κ1) is 27.3. The van der Waals surface area contributed by atoms with Gasteiger partial charge in [-0.15, -0.1) is 11.3 Å². The molecule has 0 bridgehead atoms. The Hall–Kier alpha value is -2.77. The second-order valence-electron chi connectivity index (χ2n) is 9.54. The van der Waals surface area contributed by atoms with Crippen LogP contribution in [0, 0.1) is 0 Å². The average Bonchev–Trinajstić information content (AvgIpc) is 3.36. The van der Waals surface area contributed by atoms with Gasteiger partial charge in [0.1, 0.15) is 39.3 Å². The zero-order valence-electron chi connectivity index (χ0n) is 20.7. The number of rotatable bonds is 7. The van der Waals surface area contributed by atoms with Crippen LogP contribution in [0.5, 0.6) is 5.75 Å². The van der Waals surface area contributed by atoms with Gasteiger partial charge in [-0.05, 0) is 55.6 Å². The molecule has 4 rings (SSSR count). The Labute approximate surface area is 231 Å². The van der Waals surface area contributed by atoms with Crippen LogP contribution >= 0.6 is 38.9 Å². The van der Waals surface area contributed by atoms with E-state index in [4.69, 9.17) is 26.8 Å². The van der Waals surface area contributed by atoms with Gasteiger partial charge in [0.05, 0.1) is 16.6 Å². The molecule has 4 heterocycles. The highest BCUT2D eigenvalue weighted by molar-refractivity contribution is 9.10. The second kappa shape index (κ2) is 11.3. The molecule has 0 saturated carbocycles. The van der Waals surface area contributed by atoms with Gasteiger partial charge < -0.3 is 30.7 Å². The molecule has 2 amide bonds. The monoisotopic (exact) mass is 613 g/mol. The number of amides is 2. The summed E-state index contributed by atoms with van der Waals surface area (Å²) in [5.74, 6) is 0.501. The minimum absolute atomic E-state index is 0.0941. The van der Waals surface area contributed by atoms with Crippen LogP contribution in [-0.2, 0) is 4.74 Å². The van der Waals surface area contributed by atoms with Crippen LogP contribution in [0.25, 0.3) is 5.52 Å². The van der Waals surface area contributed by atoms with E-state index in [1.165, 1.54) is 6.33 Å². The van der Waals surface area contributed by atoms with Crippen molar-refractivity contribution in [3.05, 3.63) is 32.3 Å². The molecule has 3 aromatic heterocycles. The van der Waals surface area contributed by atoms with Crippen LogP contribution in [0.4, 0.5) is 16.3 Å². The van der Waals surface area contributed by atoms with E-state index in [1.807, 2.05) is 6.07 Å². The Balaban J connectivity index is 1.37. The first-order valence-electron chi connectivity index (χ1n) is 11.7. The summed E-state index contributed by atoms with van der Waals surface area (Å²) in [5.41, 5.74) is 7.18. The Bertz CT molecular complexity index is 1290. The third-order valence-electron chi connectivity index (χ3n) is 5.52. The molecule has 1 saturated heterocycles. The third kappa shape index (κ3) is 6.76. The fourth-order valence-corrected chi connectivity index (χ4v) is 5.60. The van der Waals surface area contributed by atoms with Crippen LogP contribution in [0.2, 0.25) is 4.34 Å². The smallest absolute Gasteiger partial charge is 0.407 e. The topological polar surface area (TPSA) is 136 Å². The Morgan fingerprint density at radius 2 is 2.14 bits per heavy atom. The molecule has 4 N–H and O–H groups in total. The van der Waals surface area contributed by atoms with Gasteiger partial charge in [-0.3, -0.25) is 4.79 Å². The van der Waals surface area contributed by atoms with Crippen molar-refractivity contribution >= 4 is 67.9 Å². The van der Waals surface area contributed by atoms with Crippen LogP contribution in [0.15, 0.2) is 23.1 Å².